The Morgan fingerprint density at radius 2 is 2.19 bits per heavy atom. The van der Waals surface area contributed by atoms with Crippen molar-refractivity contribution in [3.8, 4) is 0 Å². The Labute approximate surface area is 128 Å². The summed E-state index contributed by atoms with van der Waals surface area (Å²) in [6.45, 7) is 2.03. The minimum atomic E-state index is -3.64. The number of H-pyrrole nitrogens is 1. The first-order chi connectivity index (χ1) is 10.1. The average molecular weight is 333 g/mol. The number of fused-ring (bicyclic) bond motifs is 1. The van der Waals surface area contributed by atoms with Gasteiger partial charge in [0.25, 0.3) is 0 Å². The van der Waals surface area contributed by atoms with E-state index >= 15 is 0 Å². The summed E-state index contributed by atoms with van der Waals surface area (Å²) in [6.07, 6.45) is 2.91. The van der Waals surface area contributed by atoms with Crippen molar-refractivity contribution in [2.75, 3.05) is 33.4 Å². The summed E-state index contributed by atoms with van der Waals surface area (Å²) in [5, 5.41) is 3.80. The number of nitrogens with zero attached hydrogens (tertiary/aromatic N) is 1. The van der Waals surface area contributed by atoms with Crippen LogP contribution >= 0.6 is 11.6 Å². The van der Waals surface area contributed by atoms with E-state index in [9.17, 15) is 8.42 Å². The highest BCUT2D eigenvalue weighted by Gasteiger charge is 2.20. The lowest BCUT2D eigenvalue weighted by atomic mass is 10.3. The Morgan fingerprint density at radius 3 is 2.95 bits per heavy atom. The lowest BCUT2D eigenvalue weighted by molar-refractivity contribution is 0.199. The van der Waals surface area contributed by atoms with Crippen LogP contribution in [0.2, 0.25) is 5.02 Å². The molecule has 116 valence electrons. The number of hydrogen-bond donors (Lipinski definition) is 3. The summed E-state index contributed by atoms with van der Waals surface area (Å²) in [7, 11) is -2.03. The molecule has 0 spiro atoms. The Balaban J connectivity index is 2.05. The van der Waals surface area contributed by atoms with Crippen LogP contribution < -0.4 is 10.0 Å². The topological polar surface area (TPSA) is 96.1 Å². The largest absolute Gasteiger partial charge is 0.383 e. The molecule has 0 aliphatic heterocycles. The number of ether oxygens (including phenoxy) is 1. The van der Waals surface area contributed by atoms with Crippen molar-refractivity contribution < 1.29 is 13.2 Å². The van der Waals surface area contributed by atoms with Crippen molar-refractivity contribution in [2.45, 2.75) is 4.90 Å². The van der Waals surface area contributed by atoms with Gasteiger partial charge < -0.3 is 15.0 Å². The van der Waals surface area contributed by atoms with Crippen LogP contribution in [0.4, 0.5) is 0 Å². The first kappa shape index (κ1) is 16.2. The van der Waals surface area contributed by atoms with Crippen LogP contribution in [0.5, 0.6) is 0 Å². The minimum absolute atomic E-state index is 0.104. The van der Waals surface area contributed by atoms with Gasteiger partial charge in [-0.1, -0.05) is 11.6 Å². The fraction of sp³-hybridized carbons (Fsp3) is 0.417. The summed E-state index contributed by atoms with van der Waals surface area (Å²) < 4.78 is 32.0. The molecule has 2 rings (SSSR count). The van der Waals surface area contributed by atoms with Crippen molar-refractivity contribution in [1.29, 1.82) is 0 Å². The van der Waals surface area contributed by atoms with Gasteiger partial charge in [-0.3, -0.25) is 0 Å². The molecule has 2 aromatic rings. The minimum Gasteiger partial charge on any atom is -0.383 e. The summed E-state index contributed by atoms with van der Waals surface area (Å²) in [4.78, 5) is 6.96. The highest BCUT2D eigenvalue weighted by atomic mass is 35.5. The van der Waals surface area contributed by atoms with Gasteiger partial charge in [0.15, 0.2) is 0 Å². The zero-order valence-electron chi connectivity index (χ0n) is 11.5. The molecule has 0 bridgehead atoms. The van der Waals surface area contributed by atoms with E-state index in [1.54, 1.807) is 13.2 Å². The molecule has 7 nitrogen and oxygen atoms in total. The number of sulfonamides is 1. The standard InChI is InChI=1S/C12H17ClN4O3S/c1-20-7-6-14-4-5-17-21(18,19)10-8-16-12-11(10)9(13)2-3-15-12/h2-3,8,14,17H,4-7H2,1H3,(H,15,16). The van der Waals surface area contributed by atoms with Gasteiger partial charge in [0.05, 0.1) is 17.0 Å². The predicted molar refractivity (Wildman–Crippen MR) is 81.0 cm³/mol. The summed E-state index contributed by atoms with van der Waals surface area (Å²) in [5.74, 6) is 0. The molecule has 0 aromatic carbocycles. The van der Waals surface area contributed by atoms with Crippen molar-refractivity contribution >= 4 is 32.7 Å². The number of halogens is 1. The van der Waals surface area contributed by atoms with Gasteiger partial charge in [0, 0.05) is 39.1 Å². The SMILES string of the molecule is COCCNCCNS(=O)(=O)c1c[nH]c2nccc(Cl)c12. The Kier molecular flexibility index (Phi) is 5.54. The number of methoxy groups -OCH3 is 1. The van der Waals surface area contributed by atoms with E-state index in [-0.39, 0.29) is 11.4 Å². The second-order valence-electron chi connectivity index (χ2n) is 4.31. The highest BCUT2D eigenvalue weighted by Crippen LogP contribution is 2.27. The maximum absolute atomic E-state index is 12.3. The van der Waals surface area contributed by atoms with Crippen LogP contribution in [-0.4, -0.2) is 51.7 Å². The maximum Gasteiger partial charge on any atom is 0.242 e. The molecule has 9 heteroatoms. The van der Waals surface area contributed by atoms with Crippen LogP contribution in [0.15, 0.2) is 23.4 Å². The van der Waals surface area contributed by atoms with Gasteiger partial charge in [0.2, 0.25) is 10.0 Å². The van der Waals surface area contributed by atoms with Crippen LogP contribution in [0, 0.1) is 0 Å². The highest BCUT2D eigenvalue weighted by molar-refractivity contribution is 7.89. The quantitative estimate of drug-likeness (QED) is 0.619. The van der Waals surface area contributed by atoms with Gasteiger partial charge in [-0.15, -0.1) is 0 Å². The monoisotopic (exact) mass is 332 g/mol. The van der Waals surface area contributed by atoms with Gasteiger partial charge in [-0.25, -0.2) is 18.1 Å². The molecule has 0 atom stereocenters. The third kappa shape index (κ3) is 3.92. The first-order valence-corrected chi connectivity index (χ1v) is 8.23. The number of aromatic nitrogens is 2. The predicted octanol–water partition coefficient (Wildman–Crippen LogP) is 0.731. The van der Waals surface area contributed by atoms with Crippen LogP contribution in [0.25, 0.3) is 11.0 Å². The van der Waals surface area contributed by atoms with E-state index in [1.807, 2.05) is 0 Å². The lowest BCUT2D eigenvalue weighted by Crippen LogP contribution is -2.33. The molecular formula is C12H17ClN4O3S. The molecule has 0 saturated carbocycles. The summed E-state index contributed by atoms with van der Waals surface area (Å²) >= 11 is 6.05. The molecule has 2 aromatic heterocycles. The van der Waals surface area contributed by atoms with Gasteiger partial charge in [0.1, 0.15) is 10.5 Å². The van der Waals surface area contributed by atoms with E-state index in [4.69, 9.17) is 16.3 Å². The van der Waals surface area contributed by atoms with Crippen molar-refractivity contribution in [1.82, 2.24) is 20.0 Å². The zero-order valence-corrected chi connectivity index (χ0v) is 13.1. The van der Waals surface area contributed by atoms with Gasteiger partial charge >= 0.3 is 0 Å². The first-order valence-electron chi connectivity index (χ1n) is 6.37. The number of hydrogen-bond acceptors (Lipinski definition) is 5. The van der Waals surface area contributed by atoms with E-state index in [0.717, 1.165) is 0 Å². The van der Waals surface area contributed by atoms with E-state index < -0.39 is 10.0 Å². The Hall–Kier alpha value is -1.19. The third-order valence-corrected chi connectivity index (χ3v) is 4.65. The van der Waals surface area contributed by atoms with Crippen LogP contribution in [0.1, 0.15) is 0 Å². The molecule has 0 aliphatic carbocycles. The molecule has 0 saturated heterocycles. The lowest BCUT2D eigenvalue weighted by Gasteiger charge is -2.07. The van der Waals surface area contributed by atoms with Crippen LogP contribution in [0.3, 0.4) is 0 Å². The fourth-order valence-electron chi connectivity index (χ4n) is 1.85. The molecule has 0 amide bonds. The molecule has 0 radical (unpaired) electrons. The Morgan fingerprint density at radius 1 is 1.38 bits per heavy atom. The second-order valence-corrected chi connectivity index (χ2v) is 6.45. The molecule has 0 fully saturated rings. The smallest absolute Gasteiger partial charge is 0.242 e. The van der Waals surface area contributed by atoms with Crippen LogP contribution in [-0.2, 0) is 14.8 Å². The molecule has 2 heterocycles. The summed E-state index contributed by atoms with van der Waals surface area (Å²) in [6, 6.07) is 1.56. The normalized spacial score (nSPS) is 12.1. The van der Waals surface area contributed by atoms with E-state index in [2.05, 4.69) is 20.0 Å². The number of rotatable bonds is 8. The fourth-order valence-corrected chi connectivity index (χ4v) is 3.37. The van der Waals surface area contributed by atoms with E-state index in [1.165, 1.54) is 12.4 Å². The van der Waals surface area contributed by atoms with Crippen molar-refractivity contribution in [3.63, 3.8) is 0 Å². The second kappa shape index (κ2) is 7.19. The van der Waals surface area contributed by atoms with E-state index in [0.29, 0.717) is 35.8 Å². The average Bonchev–Trinajstić information content (AvgIpc) is 2.89. The zero-order chi connectivity index (χ0) is 15.3. The van der Waals surface area contributed by atoms with Gasteiger partial charge in [-0.05, 0) is 6.07 Å². The molecular weight excluding hydrogens is 316 g/mol. The molecule has 0 aliphatic rings. The number of nitrogens with one attached hydrogen (secondary N) is 3. The van der Waals surface area contributed by atoms with Gasteiger partial charge in [-0.2, -0.15) is 0 Å². The molecule has 0 unspecified atom stereocenters. The van der Waals surface area contributed by atoms with Crippen molar-refractivity contribution in [2.24, 2.45) is 0 Å². The maximum atomic E-state index is 12.3. The number of pyridine rings is 1. The molecule has 21 heavy (non-hydrogen) atoms. The molecule has 3 N–H and O–H groups in total. The van der Waals surface area contributed by atoms with Crippen molar-refractivity contribution in [3.05, 3.63) is 23.5 Å². The number of aromatic amines is 1. The summed E-state index contributed by atoms with van der Waals surface area (Å²) in [5.41, 5.74) is 0.445. The Bertz CT molecular complexity index is 702. The third-order valence-electron chi connectivity index (χ3n) is 2.85.